The summed E-state index contributed by atoms with van der Waals surface area (Å²) in [5, 5.41) is 7.33. The molecule has 0 saturated heterocycles. The van der Waals surface area contributed by atoms with Gasteiger partial charge in [-0.25, -0.2) is 4.79 Å². The number of amidine groups is 1. The number of imide groups is 1. The molecule has 0 radical (unpaired) electrons. The monoisotopic (exact) mass is 555 g/mol. The third kappa shape index (κ3) is 5.17. The molecule has 0 unspecified atom stereocenters. The zero-order valence-electron chi connectivity index (χ0n) is 21.7. The van der Waals surface area contributed by atoms with E-state index in [1.54, 1.807) is 18.2 Å². The first-order valence-corrected chi connectivity index (χ1v) is 13.0. The van der Waals surface area contributed by atoms with Crippen LogP contribution in [0.3, 0.4) is 0 Å². The average Bonchev–Trinajstić information content (AvgIpc) is 3.63. The van der Waals surface area contributed by atoms with Crippen LogP contribution in [0.1, 0.15) is 47.9 Å². The van der Waals surface area contributed by atoms with E-state index < -0.39 is 53.5 Å². The highest BCUT2D eigenvalue weighted by Gasteiger charge is 2.51. The van der Waals surface area contributed by atoms with Crippen LogP contribution < -0.4 is 16.0 Å². The van der Waals surface area contributed by atoms with Crippen molar-refractivity contribution in [3.63, 3.8) is 0 Å². The number of fused-ring (bicyclic) bond motifs is 1. The molecule has 3 N–H and O–H groups in total. The van der Waals surface area contributed by atoms with Crippen molar-refractivity contribution < 1.29 is 32.3 Å². The summed E-state index contributed by atoms with van der Waals surface area (Å²) in [5.41, 5.74) is -0.141. The lowest BCUT2D eigenvalue weighted by Crippen LogP contribution is -2.45. The number of amides is 5. The number of carbonyl (C=O) groups is 4. The molecule has 5 rings (SSSR count). The van der Waals surface area contributed by atoms with Gasteiger partial charge in [0.2, 0.25) is 11.8 Å². The van der Waals surface area contributed by atoms with Crippen molar-refractivity contribution in [1.82, 2.24) is 15.5 Å². The van der Waals surface area contributed by atoms with Gasteiger partial charge >= 0.3 is 12.2 Å². The lowest BCUT2D eigenvalue weighted by molar-refractivity contribution is -0.138. The van der Waals surface area contributed by atoms with Gasteiger partial charge in [0.05, 0.1) is 5.56 Å². The maximum absolute atomic E-state index is 13.8. The van der Waals surface area contributed by atoms with Crippen molar-refractivity contribution in [3.8, 4) is 0 Å². The molecule has 1 fully saturated rings. The largest absolute Gasteiger partial charge is 0.417 e. The Morgan fingerprint density at radius 1 is 1.05 bits per heavy atom. The summed E-state index contributed by atoms with van der Waals surface area (Å²) in [5.74, 6) is -2.04. The van der Waals surface area contributed by atoms with E-state index in [0.29, 0.717) is 31.4 Å². The van der Waals surface area contributed by atoms with Crippen LogP contribution in [0.2, 0.25) is 0 Å². The van der Waals surface area contributed by atoms with E-state index in [-0.39, 0.29) is 11.4 Å². The number of anilines is 1. The predicted octanol–water partition coefficient (Wildman–Crippen LogP) is 3.42. The fourth-order valence-electron chi connectivity index (χ4n) is 5.72. The number of carbonyl (C=O) groups excluding carboxylic acids is 4. The van der Waals surface area contributed by atoms with Gasteiger partial charge in [0.1, 0.15) is 17.9 Å². The van der Waals surface area contributed by atoms with E-state index in [9.17, 15) is 32.3 Å². The van der Waals surface area contributed by atoms with Gasteiger partial charge in [-0.05, 0) is 55.0 Å². The normalized spacial score (nSPS) is 19.4. The Balaban J connectivity index is 1.34. The Bertz CT molecular complexity index is 1410. The Hall–Kier alpha value is -4.22. The van der Waals surface area contributed by atoms with E-state index in [1.807, 2.05) is 0 Å². The number of nitrogens with zero attached hydrogens (tertiary/aromatic N) is 2. The van der Waals surface area contributed by atoms with Crippen molar-refractivity contribution in [2.24, 2.45) is 10.9 Å². The van der Waals surface area contributed by atoms with E-state index in [4.69, 9.17) is 0 Å². The zero-order valence-corrected chi connectivity index (χ0v) is 21.7. The van der Waals surface area contributed by atoms with Gasteiger partial charge < -0.3 is 10.6 Å². The number of aliphatic imine (C=N–C) groups is 1. The van der Waals surface area contributed by atoms with Crippen molar-refractivity contribution in [1.29, 1.82) is 0 Å². The molecule has 0 bridgehead atoms. The van der Waals surface area contributed by atoms with Crippen molar-refractivity contribution >= 4 is 35.3 Å². The average molecular weight is 556 g/mol. The van der Waals surface area contributed by atoms with Crippen LogP contribution in [0.4, 0.5) is 23.7 Å². The number of rotatable bonds is 5. The highest BCUT2D eigenvalue weighted by Crippen LogP contribution is 2.41. The molecule has 1 saturated carbocycles. The van der Waals surface area contributed by atoms with E-state index in [1.165, 1.54) is 25.2 Å². The number of benzene rings is 2. The van der Waals surface area contributed by atoms with Gasteiger partial charge in [-0.1, -0.05) is 37.1 Å². The molecule has 40 heavy (non-hydrogen) atoms. The number of alkyl halides is 3. The van der Waals surface area contributed by atoms with Crippen molar-refractivity contribution in [2.45, 2.75) is 50.2 Å². The molecule has 2 aliphatic carbocycles. The highest BCUT2D eigenvalue weighted by molar-refractivity contribution is 6.17. The molecule has 0 aromatic heterocycles. The fraction of sp³-hybridized carbons (Fsp3) is 0.393. The van der Waals surface area contributed by atoms with Crippen molar-refractivity contribution in [3.05, 3.63) is 64.7 Å². The topological polar surface area (TPSA) is 120 Å². The van der Waals surface area contributed by atoms with Crippen LogP contribution in [-0.2, 0) is 33.4 Å². The van der Waals surface area contributed by atoms with E-state index in [0.717, 1.165) is 34.9 Å². The maximum atomic E-state index is 13.8. The molecule has 1 spiro atoms. The minimum atomic E-state index is -4.67. The molecule has 9 nitrogen and oxygen atoms in total. The fourth-order valence-corrected chi connectivity index (χ4v) is 5.72. The lowest BCUT2D eigenvalue weighted by atomic mass is 9.98. The maximum Gasteiger partial charge on any atom is 0.417 e. The number of nitrogens with one attached hydrogen (secondary N) is 3. The van der Waals surface area contributed by atoms with Crippen molar-refractivity contribution in [2.75, 3.05) is 18.9 Å². The second kappa shape index (κ2) is 10.4. The number of halogens is 3. The summed E-state index contributed by atoms with van der Waals surface area (Å²) in [6.07, 6.45) is -1.57. The molecule has 3 aliphatic rings. The minimum absolute atomic E-state index is 0.145. The molecular formula is C28H28F3N5O4. The van der Waals surface area contributed by atoms with E-state index >= 15 is 0 Å². The molecule has 2 aromatic rings. The summed E-state index contributed by atoms with van der Waals surface area (Å²) in [6, 6.07) is 9.49. The van der Waals surface area contributed by atoms with Crippen LogP contribution in [-0.4, -0.2) is 53.6 Å². The molecule has 2 aromatic carbocycles. The zero-order chi connectivity index (χ0) is 28.7. The Labute approximate surface area is 228 Å². The molecule has 210 valence electrons. The van der Waals surface area contributed by atoms with Crippen LogP contribution in [0.25, 0.3) is 0 Å². The second-order valence-corrected chi connectivity index (χ2v) is 10.3. The van der Waals surface area contributed by atoms with Crippen LogP contribution in [0, 0.1) is 5.92 Å². The molecular weight excluding hydrogens is 527 g/mol. The third-order valence-corrected chi connectivity index (χ3v) is 7.68. The second-order valence-electron chi connectivity index (χ2n) is 10.3. The van der Waals surface area contributed by atoms with Crippen LogP contribution >= 0.6 is 0 Å². The van der Waals surface area contributed by atoms with Gasteiger partial charge in [0, 0.05) is 24.2 Å². The predicted molar refractivity (Wildman–Crippen MR) is 139 cm³/mol. The Kier molecular flexibility index (Phi) is 7.11. The van der Waals surface area contributed by atoms with Crippen LogP contribution in [0.5, 0.6) is 0 Å². The van der Waals surface area contributed by atoms with Gasteiger partial charge in [-0.2, -0.15) is 13.2 Å². The molecule has 1 heterocycles. The first kappa shape index (κ1) is 27.4. The van der Waals surface area contributed by atoms with Crippen LogP contribution in [0.15, 0.2) is 47.5 Å². The Morgan fingerprint density at radius 2 is 1.75 bits per heavy atom. The molecule has 12 heteroatoms. The first-order valence-electron chi connectivity index (χ1n) is 13.0. The highest BCUT2D eigenvalue weighted by atomic mass is 19.4. The number of urea groups is 1. The minimum Gasteiger partial charge on any atom is -0.341 e. The quantitative estimate of drug-likeness (QED) is 0.524. The summed E-state index contributed by atoms with van der Waals surface area (Å²) >= 11 is 0. The first-order chi connectivity index (χ1) is 19.0. The van der Waals surface area contributed by atoms with Gasteiger partial charge in [-0.3, -0.25) is 29.6 Å². The smallest absolute Gasteiger partial charge is 0.341 e. The van der Waals surface area contributed by atoms with Gasteiger partial charge in [-0.15, -0.1) is 0 Å². The molecule has 1 aliphatic heterocycles. The number of hydrogen-bond donors (Lipinski definition) is 3. The summed E-state index contributed by atoms with van der Waals surface area (Å²) in [7, 11) is 1.41. The Morgan fingerprint density at radius 3 is 2.45 bits per heavy atom. The van der Waals surface area contributed by atoms with Gasteiger partial charge in [0.15, 0.2) is 0 Å². The molecule has 5 amide bonds. The summed E-state index contributed by atoms with van der Waals surface area (Å²) in [4.78, 5) is 56.0. The number of hydrogen-bond acceptors (Lipinski definition) is 5. The summed E-state index contributed by atoms with van der Waals surface area (Å²) in [6.45, 7) is -0.500. The lowest BCUT2D eigenvalue weighted by Gasteiger charge is -2.23. The SMILES string of the molecule is CNC(=O)NC(=O)[C@@H]1Cc2ccc(NC(=O)CN3C(=O)C4(CCCC4)N=C3c3ccccc3C(F)(F)F)cc2C1. The standard InChI is InChI=1S/C28H28F3N5O4/c1-32-26(40)34-24(38)18-12-16-8-9-19(14-17(16)13-18)33-22(37)15-36-23(35-27(25(36)39)10-4-5-11-27)20-6-2-3-7-21(20)28(29,30)31/h2-3,6-9,14,18H,4-5,10-13,15H2,1H3,(H,33,37)(H2,32,34,38,40)/t18-/m1/s1. The third-order valence-electron chi connectivity index (χ3n) is 7.68. The van der Waals surface area contributed by atoms with E-state index in [2.05, 4.69) is 20.9 Å². The molecule has 1 atom stereocenters. The summed E-state index contributed by atoms with van der Waals surface area (Å²) < 4.78 is 41.5. The van der Waals surface area contributed by atoms with Gasteiger partial charge in [0.25, 0.3) is 5.91 Å².